The third kappa shape index (κ3) is 3.79. The van der Waals surface area contributed by atoms with Crippen LogP contribution in [0, 0.1) is 11.2 Å². The van der Waals surface area contributed by atoms with Gasteiger partial charge in [0.25, 0.3) is 0 Å². The zero-order valence-corrected chi connectivity index (χ0v) is 16.6. The van der Waals surface area contributed by atoms with Gasteiger partial charge in [-0.25, -0.2) is 4.39 Å². The summed E-state index contributed by atoms with van der Waals surface area (Å²) in [7, 11) is 1.70. The van der Waals surface area contributed by atoms with Gasteiger partial charge in [0.05, 0.1) is 12.0 Å². The molecule has 2 heterocycles. The van der Waals surface area contributed by atoms with Gasteiger partial charge in [-0.15, -0.1) is 0 Å². The molecule has 5 nitrogen and oxygen atoms in total. The monoisotopic (exact) mass is 388 g/mol. The first-order valence-electron chi connectivity index (χ1n) is 10.3. The third-order valence-corrected chi connectivity index (χ3v) is 7.02. The Hall–Kier alpha value is -1.95. The molecule has 1 spiro atoms. The van der Waals surface area contributed by atoms with Crippen molar-refractivity contribution in [2.45, 2.75) is 57.1 Å². The fourth-order valence-electron chi connectivity index (χ4n) is 4.96. The second-order valence-electron chi connectivity index (χ2n) is 8.85. The Labute approximate surface area is 165 Å². The quantitative estimate of drug-likeness (QED) is 0.779. The minimum Gasteiger partial charge on any atom is -0.378 e. The lowest BCUT2D eigenvalue weighted by Crippen LogP contribution is -2.49. The van der Waals surface area contributed by atoms with Gasteiger partial charge in [0.15, 0.2) is 0 Å². The number of piperidine rings is 1. The van der Waals surface area contributed by atoms with Gasteiger partial charge in [0, 0.05) is 45.1 Å². The van der Waals surface area contributed by atoms with Crippen LogP contribution < -0.4 is 0 Å². The number of hydrogen-bond donors (Lipinski definition) is 0. The van der Waals surface area contributed by atoms with E-state index in [1.165, 1.54) is 12.1 Å². The molecule has 0 aromatic heterocycles. The molecule has 6 heteroatoms. The van der Waals surface area contributed by atoms with Crippen LogP contribution in [0.1, 0.15) is 50.5 Å². The summed E-state index contributed by atoms with van der Waals surface area (Å²) in [6.07, 6.45) is 5.78. The first-order chi connectivity index (χ1) is 13.4. The van der Waals surface area contributed by atoms with E-state index in [1.807, 2.05) is 15.9 Å². The molecule has 152 valence electrons. The number of carbonyl (C=O) groups is 2. The zero-order chi connectivity index (χ0) is 19.8. The van der Waals surface area contributed by atoms with Gasteiger partial charge in [0.1, 0.15) is 5.82 Å². The highest BCUT2D eigenvalue weighted by atomic mass is 19.1. The highest BCUT2D eigenvalue weighted by molar-refractivity contribution is 5.80. The summed E-state index contributed by atoms with van der Waals surface area (Å²) in [5.41, 5.74) is 0.539. The van der Waals surface area contributed by atoms with Gasteiger partial charge >= 0.3 is 0 Å². The molecule has 0 atom stereocenters. The van der Waals surface area contributed by atoms with Gasteiger partial charge in [-0.2, -0.15) is 0 Å². The van der Waals surface area contributed by atoms with Crippen LogP contribution in [-0.2, 0) is 20.9 Å². The Bertz CT molecular complexity index is 748. The molecule has 0 unspecified atom stereocenters. The first-order valence-corrected chi connectivity index (χ1v) is 10.3. The van der Waals surface area contributed by atoms with Crippen molar-refractivity contribution in [2.24, 2.45) is 5.41 Å². The van der Waals surface area contributed by atoms with Crippen molar-refractivity contribution in [2.75, 3.05) is 26.7 Å². The minimum atomic E-state index is -0.272. The normalized spacial score (nSPS) is 23.1. The van der Waals surface area contributed by atoms with Gasteiger partial charge in [-0.1, -0.05) is 12.1 Å². The van der Waals surface area contributed by atoms with Crippen LogP contribution in [0.15, 0.2) is 24.3 Å². The highest BCUT2D eigenvalue weighted by Gasteiger charge is 2.46. The molecule has 1 aromatic carbocycles. The van der Waals surface area contributed by atoms with Crippen molar-refractivity contribution in [1.29, 1.82) is 0 Å². The van der Waals surface area contributed by atoms with Gasteiger partial charge in [-0.3, -0.25) is 9.59 Å². The van der Waals surface area contributed by atoms with Crippen LogP contribution >= 0.6 is 0 Å². The van der Waals surface area contributed by atoms with Crippen LogP contribution in [0.5, 0.6) is 0 Å². The number of halogens is 1. The van der Waals surface area contributed by atoms with E-state index in [-0.39, 0.29) is 28.6 Å². The van der Waals surface area contributed by atoms with Crippen LogP contribution in [0.2, 0.25) is 0 Å². The molecule has 0 bridgehead atoms. The molecule has 3 fully saturated rings. The number of nitrogens with zero attached hydrogens (tertiary/aromatic N) is 2. The highest BCUT2D eigenvalue weighted by Crippen LogP contribution is 2.43. The lowest BCUT2D eigenvalue weighted by atomic mass is 9.75. The molecule has 1 aliphatic carbocycles. The molecule has 28 heavy (non-hydrogen) atoms. The van der Waals surface area contributed by atoms with E-state index in [0.29, 0.717) is 39.0 Å². The van der Waals surface area contributed by atoms with Gasteiger partial charge in [-0.05, 0) is 49.8 Å². The first kappa shape index (κ1) is 19.4. The van der Waals surface area contributed by atoms with E-state index in [9.17, 15) is 14.0 Å². The van der Waals surface area contributed by atoms with E-state index in [1.54, 1.807) is 13.2 Å². The maximum Gasteiger partial charge on any atom is 0.225 e. The minimum absolute atomic E-state index is 0.0450. The summed E-state index contributed by atoms with van der Waals surface area (Å²) in [6.45, 7) is 2.57. The fraction of sp³-hybridized carbons (Fsp3) is 0.636. The van der Waals surface area contributed by atoms with E-state index >= 15 is 0 Å². The molecular formula is C22H29FN2O3. The number of methoxy groups -OCH3 is 1. The average Bonchev–Trinajstić information content (AvgIpc) is 2.93. The fourth-order valence-corrected chi connectivity index (χ4v) is 4.96. The number of hydrogen-bond acceptors (Lipinski definition) is 3. The number of amides is 2. The van der Waals surface area contributed by atoms with Crippen molar-refractivity contribution in [3.63, 3.8) is 0 Å². The topological polar surface area (TPSA) is 49.9 Å². The lowest BCUT2D eigenvalue weighted by Gasteiger charge is -2.43. The van der Waals surface area contributed by atoms with Crippen LogP contribution in [0.25, 0.3) is 0 Å². The average molecular weight is 388 g/mol. The maximum atomic E-state index is 13.4. The third-order valence-electron chi connectivity index (χ3n) is 7.02. The smallest absolute Gasteiger partial charge is 0.225 e. The van der Waals surface area contributed by atoms with Crippen LogP contribution in [-0.4, -0.2) is 54.0 Å². The number of carbonyl (C=O) groups excluding carboxylic acids is 2. The largest absolute Gasteiger partial charge is 0.378 e. The van der Waals surface area contributed by atoms with Crippen molar-refractivity contribution in [3.05, 3.63) is 35.6 Å². The summed E-state index contributed by atoms with van der Waals surface area (Å²) in [5.74, 6) is 0.0418. The van der Waals surface area contributed by atoms with Crippen molar-refractivity contribution in [1.82, 2.24) is 9.80 Å². The Morgan fingerprint density at radius 2 is 1.96 bits per heavy atom. The molecule has 0 N–H and O–H groups in total. The summed E-state index contributed by atoms with van der Waals surface area (Å²) < 4.78 is 19.0. The Morgan fingerprint density at radius 1 is 1.21 bits per heavy atom. The number of rotatable bonds is 5. The molecule has 2 saturated heterocycles. The maximum absolute atomic E-state index is 13.4. The van der Waals surface area contributed by atoms with E-state index < -0.39 is 0 Å². The van der Waals surface area contributed by atoms with E-state index in [2.05, 4.69) is 0 Å². The molecule has 4 rings (SSSR count). The summed E-state index contributed by atoms with van der Waals surface area (Å²) in [5, 5.41) is 0. The zero-order valence-electron chi connectivity index (χ0n) is 16.6. The molecule has 2 aliphatic heterocycles. The number of benzene rings is 1. The SMILES string of the molecule is COC1(CC(=O)N2CCC3(CC2)CC(=O)N(Cc2cccc(F)c2)C3)CCC1. The van der Waals surface area contributed by atoms with Gasteiger partial charge < -0.3 is 14.5 Å². The standard InChI is InChI=1S/C22H29FN2O3/c1-28-22(6-3-7-22)14-20(27)24-10-8-21(9-11-24)13-19(26)25(16-21)15-17-4-2-5-18(23)12-17/h2,4-5,12H,3,6-11,13-16H2,1H3. The lowest BCUT2D eigenvalue weighted by molar-refractivity contribution is -0.146. The Kier molecular flexibility index (Phi) is 5.17. The molecule has 1 saturated carbocycles. The van der Waals surface area contributed by atoms with Crippen molar-refractivity contribution >= 4 is 11.8 Å². The second kappa shape index (κ2) is 7.47. The summed E-state index contributed by atoms with van der Waals surface area (Å²) in [4.78, 5) is 29.1. The number of ether oxygens (including phenoxy) is 1. The number of likely N-dealkylation sites (tertiary alicyclic amines) is 2. The molecule has 2 amide bonds. The second-order valence-corrected chi connectivity index (χ2v) is 8.85. The van der Waals surface area contributed by atoms with Crippen LogP contribution in [0.4, 0.5) is 4.39 Å². The summed E-state index contributed by atoms with van der Waals surface area (Å²) >= 11 is 0. The predicted molar refractivity (Wildman–Crippen MR) is 103 cm³/mol. The van der Waals surface area contributed by atoms with Crippen molar-refractivity contribution in [3.8, 4) is 0 Å². The Balaban J connectivity index is 1.32. The summed E-state index contributed by atoms with van der Waals surface area (Å²) in [6, 6.07) is 6.45. The molecular weight excluding hydrogens is 359 g/mol. The molecule has 3 aliphatic rings. The van der Waals surface area contributed by atoms with Crippen molar-refractivity contribution < 1.29 is 18.7 Å². The predicted octanol–water partition coefficient (Wildman–Crippen LogP) is 3.13. The van der Waals surface area contributed by atoms with E-state index in [4.69, 9.17) is 4.74 Å². The van der Waals surface area contributed by atoms with Gasteiger partial charge in [0.2, 0.25) is 11.8 Å². The Morgan fingerprint density at radius 3 is 2.57 bits per heavy atom. The van der Waals surface area contributed by atoms with Crippen LogP contribution in [0.3, 0.4) is 0 Å². The van der Waals surface area contributed by atoms with E-state index in [0.717, 1.165) is 37.7 Å². The molecule has 1 aromatic rings. The molecule has 0 radical (unpaired) electrons.